The highest BCUT2D eigenvalue weighted by molar-refractivity contribution is 5.36. The van der Waals surface area contributed by atoms with Gasteiger partial charge in [-0.05, 0) is 37.5 Å². The molecule has 0 saturated heterocycles. The Morgan fingerprint density at radius 1 is 1.25 bits per heavy atom. The van der Waals surface area contributed by atoms with Gasteiger partial charge >= 0.3 is 0 Å². The molecular formula is C17H20N2O. The molecule has 1 heterocycles. The number of aryl methyl sites for hydroxylation is 1. The van der Waals surface area contributed by atoms with Gasteiger partial charge in [0.2, 0.25) is 0 Å². The first-order valence-corrected chi connectivity index (χ1v) is 7.12. The highest BCUT2D eigenvalue weighted by Crippen LogP contribution is 2.33. The summed E-state index contributed by atoms with van der Waals surface area (Å²) in [6, 6.07) is 13.0. The molecular weight excluding hydrogens is 248 g/mol. The minimum Gasteiger partial charge on any atom is -0.496 e. The predicted octanol–water partition coefficient (Wildman–Crippen LogP) is 3.43. The second-order valence-electron chi connectivity index (χ2n) is 5.27. The minimum absolute atomic E-state index is 0.240. The van der Waals surface area contributed by atoms with E-state index in [9.17, 15) is 0 Å². The number of hydrogen-bond donors (Lipinski definition) is 1. The van der Waals surface area contributed by atoms with E-state index in [0.29, 0.717) is 6.04 Å². The lowest BCUT2D eigenvalue weighted by molar-refractivity contribution is 0.392. The fourth-order valence-corrected chi connectivity index (χ4v) is 2.99. The molecule has 104 valence electrons. The Labute approximate surface area is 120 Å². The maximum absolute atomic E-state index is 5.44. The fourth-order valence-electron chi connectivity index (χ4n) is 2.99. The van der Waals surface area contributed by atoms with E-state index in [2.05, 4.69) is 35.4 Å². The molecule has 3 rings (SSSR count). The van der Waals surface area contributed by atoms with Gasteiger partial charge in [-0.2, -0.15) is 0 Å². The summed E-state index contributed by atoms with van der Waals surface area (Å²) in [5.41, 5.74) is 3.77. The van der Waals surface area contributed by atoms with E-state index in [1.165, 1.54) is 16.8 Å². The highest BCUT2D eigenvalue weighted by Gasteiger charge is 2.25. The van der Waals surface area contributed by atoms with Gasteiger partial charge in [0.25, 0.3) is 0 Å². The molecule has 0 aliphatic heterocycles. The van der Waals surface area contributed by atoms with Crippen molar-refractivity contribution in [3.63, 3.8) is 0 Å². The fraction of sp³-hybridized carbons (Fsp3) is 0.353. The van der Waals surface area contributed by atoms with Crippen molar-refractivity contribution in [3.8, 4) is 5.75 Å². The minimum atomic E-state index is 0.240. The summed E-state index contributed by atoms with van der Waals surface area (Å²) >= 11 is 0. The van der Waals surface area contributed by atoms with Crippen LogP contribution in [0.2, 0.25) is 0 Å². The second kappa shape index (κ2) is 5.63. The van der Waals surface area contributed by atoms with Crippen LogP contribution in [0.4, 0.5) is 0 Å². The molecule has 1 aliphatic carbocycles. The first-order valence-electron chi connectivity index (χ1n) is 7.12. The molecule has 1 aromatic carbocycles. The number of para-hydroxylation sites is 1. The van der Waals surface area contributed by atoms with E-state index >= 15 is 0 Å². The number of benzene rings is 1. The first kappa shape index (κ1) is 13.1. The molecule has 0 bridgehead atoms. The standard InChI is InChI=1S/C17H20N2O/c1-12(14-7-3-4-8-16(14)20-2)19-15-10-9-13-6-5-11-18-17(13)15/h3-8,11-12,15,19H,9-10H2,1-2H3/t12-,15?/m1/s1. The third-order valence-corrected chi connectivity index (χ3v) is 4.02. The van der Waals surface area contributed by atoms with Crippen molar-refractivity contribution in [2.24, 2.45) is 0 Å². The van der Waals surface area contributed by atoms with Gasteiger partial charge in [0.1, 0.15) is 5.75 Å². The van der Waals surface area contributed by atoms with Crippen LogP contribution in [0.5, 0.6) is 5.75 Å². The zero-order valence-corrected chi connectivity index (χ0v) is 12.0. The van der Waals surface area contributed by atoms with Gasteiger partial charge in [0.05, 0.1) is 18.8 Å². The zero-order valence-electron chi connectivity index (χ0n) is 12.0. The topological polar surface area (TPSA) is 34.1 Å². The maximum Gasteiger partial charge on any atom is 0.123 e. The van der Waals surface area contributed by atoms with Gasteiger partial charge in [-0.1, -0.05) is 24.3 Å². The van der Waals surface area contributed by atoms with Crippen LogP contribution in [0.25, 0.3) is 0 Å². The summed E-state index contributed by atoms with van der Waals surface area (Å²) in [4.78, 5) is 4.54. The molecule has 1 aromatic heterocycles. The number of fused-ring (bicyclic) bond motifs is 1. The Morgan fingerprint density at radius 3 is 2.95 bits per heavy atom. The van der Waals surface area contributed by atoms with Crippen LogP contribution in [-0.2, 0) is 6.42 Å². The van der Waals surface area contributed by atoms with E-state index in [4.69, 9.17) is 4.74 Å². The lowest BCUT2D eigenvalue weighted by atomic mass is 10.1. The monoisotopic (exact) mass is 268 g/mol. The molecule has 0 amide bonds. The van der Waals surface area contributed by atoms with Crippen LogP contribution in [0.15, 0.2) is 42.6 Å². The first-order chi connectivity index (χ1) is 9.79. The normalized spacial score (nSPS) is 18.6. The Balaban J connectivity index is 1.79. The van der Waals surface area contributed by atoms with E-state index in [1.54, 1.807) is 7.11 Å². The molecule has 0 saturated carbocycles. The number of pyridine rings is 1. The summed E-state index contributed by atoms with van der Waals surface area (Å²) < 4.78 is 5.44. The summed E-state index contributed by atoms with van der Waals surface area (Å²) in [5.74, 6) is 0.937. The van der Waals surface area contributed by atoms with E-state index < -0.39 is 0 Å². The number of ether oxygens (including phenoxy) is 1. The van der Waals surface area contributed by atoms with Gasteiger partial charge in [-0.3, -0.25) is 4.98 Å². The van der Waals surface area contributed by atoms with Crippen molar-refractivity contribution >= 4 is 0 Å². The van der Waals surface area contributed by atoms with Crippen LogP contribution in [0.1, 0.15) is 42.2 Å². The molecule has 0 spiro atoms. The van der Waals surface area contributed by atoms with Crippen LogP contribution >= 0.6 is 0 Å². The van der Waals surface area contributed by atoms with Gasteiger partial charge in [0.15, 0.2) is 0 Å². The molecule has 3 nitrogen and oxygen atoms in total. The van der Waals surface area contributed by atoms with E-state index in [1.807, 2.05) is 24.4 Å². The average molecular weight is 268 g/mol. The molecule has 1 aliphatic rings. The van der Waals surface area contributed by atoms with Crippen molar-refractivity contribution in [1.29, 1.82) is 0 Å². The van der Waals surface area contributed by atoms with Crippen LogP contribution in [0, 0.1) is 0 Å². The maximum atomic E-state index is 5.44. The Hall–Kier alpha value is -1.87. The number of aromatic nitrogens is 1. The number of methoxy groups -OCH3 is 1. The van der Waals surface area contributed by atoms with Crippen molar-refractivity contribution in [2.75, 3.05) is 7.11 Å². The number of rotatable bonds is 4. The lowest BCUT2D eigenvalue weighted by Gasteiger charge is -2.21. The van der Waals surface area contributed by atoms with E-state index in [0.717, 1.165) is 18.6 Å². The van der Waals surface area contributed by atoms with Crippen LogP contribution in [0.3, 0.4) is 0 Å². The van der Waals surface area contributed by atoms with Crippen molar-refractivity contribution in [1.82, 2.24) is 10.3 Å². The van der Waals surface area contributed by atoms with Crippen LogP contribution in [-0.4, -0.2) is 12.1 Å². The van der Waals surface area contributed by atoms with Gasteiger partial charge in [-0.15, -0.1) is 0 Å². The molecule has 20 heavy (non-hydrogen) atoms. The van der Waals surface area contributed by atoms with Crippen molar-refractivity contribution in [2.45, 2.75) is 31.8 Å². The molecule has 2 aromatic rings. The van der Waals surface area contributed by atoms with Gasteiger partial charge in [-0.25, -0.2) is 0 Å². The zero-order chi connectivity index (χ0) is 13.9. The predicted molar refractivity (Wildman–Crippen MR) is 79.8 cm³/mol. The molecule has 1 N–H and O–H groups in total. The Kier molecular flexibility index (Phi) is 3.70. The summed E-state index contributed by atoms with van der Waals surface area (Å²) in [7, 11) is 1.72. The summed E-state index contributed by atoms with van der Waals surface area (Å²) in [5, 5.41) is 3.68. The molecule has 2 atom stereocenters. The largest absolute Gasteiger partial charge is 0.496 e. The Morgan fingerprint density at radius 2 is 2.10 bits per heavy atom. The smallest absolute Gasteiger partial charge is 0.123 e. The molecule has 0 radical (unpaired) electrons. The third-order valence-electron chi connectivity index (χ3n) is 4.02. The number of hydrogen-bond acceptors (Lipinski definition) is 3. The molecule has 1 unspecified atom stereocenters. The van der Waals surface area contributed by atoms with Crippen molar-refractivity contribution in [3.05, 3.63) is 59.4 Å². The van der Waals surface area contributed by atoms with Gasteiger partial charge in [0, 0.05) is 17.8 Å². The second-order valence-corrected chi connectivity index (χ2v) is 5.27. The number of nitrogens with one attached hydrogen (secondary N) is 1. The molecule has 0 fully saturated rings. The Bertz CT molecular complexity index is 597. The highest BCUT2D eigenvalue weighted by atomic mass is 16.5. The summed E-state index contributed by atoms with van der Waals surface area (Å²) in [6.07, 6.45) is 4.11. The van der Waals surface area contributed by atoms with E-state index in [-0.39, 0.29) is 6.04 Å². The summed E-state index contributed by atoms with van der Waals surface area (Å²) in [6.45, 7) is 2.18. The lowest BCUT2D eigenvalue weighted by Crippen LogP contribution is -2.24. The SMILES string of the molecule is COc1ccccc1[C@@H](C)NC1CCc2cccnc21. The quantitative estimate of drug-likeness (QED) is 0.922. The third kappa shape index (κ3) is 2.41. The average Bonchev–Trinajstić information content (AvgIpc) is 2.90. The van der Waals surface area contributed by atoms with Crippen molar-refractivity contribution < 1.29 is 4.74 Å². The number of nitrogens with zero attached hydrogens (tertiary/aromatic N) is 1. The van der Waals surface area contributed by atoms with Crippen LogP contribution < -0.4 is 10.1 Å². The van der Waals surface area contributed by atoms with Gasteiger partial charge < -0.3 is 10.1 Å². The molecule has 3 heteroatoms.